The number of nitrogens with one attached hydrogen (secondary N) is 1. The minimum absolute atomic E-state index is 0.0229. The molecule has 2 aromatic heterocycles. The van der Waals surface area contributed by atoms with Gasteiger partial charge in [-0.2, -0.15) is 0 Å². The smallest absolute Gasteiger partial charge is 0.247 e. The Morgan fingerprint density at radius 1 is 1.04 bits per heavy atom. The molecule has 4 aromatic rings. The van der Waals surface area contributed by atoms with Crippen LogP contribution in [0.25, 0.3) is 22.4 Å². The van der Waals surface area contributed by atoms with E-state index in [2.05, 4.69) is 26.6 Å². The first-order valence-electron chi connectivity index (χ1n) is 8.62. The molecule has 1 N–H and O–H groups in total. The SMILES string of the molecule is Cc1cc(C)cc(NC(=O)Cc2nnc(-c3ccc4ncccc4c3)o2)c1. The number of aromatic nitrogens is 3. The van der Waals surface area contributed by atoms with Gasteiger partial charge in [0.05, 0.1) is 5.52 Å². The van der Waals surface area contributed by atoms with E-state index >= 15 is 0 Å². The van der Waals surface area contributed by atoms with E-state index in [-0.39, 0.29) is 18.2 Å². The zero-order chi connectivity index (χ0) is 18.8. The second-order valence-corrected chi connectivity index (χ2v) is 6.51. The number of carbonyl (C=O) groups is 1. The summed E-state index contributed by atoms with van der Waals surface area (Å²) >= 11 is 0. The summed E-state index contributed by atoms with van der Waals surface area (Å²) in [4.78, 5) is 16.6. The van der Waals surface area contributed by atoms with Crippen molar-refractivity contribution in [2.24, 2.45) is 0 Å². The van der Waals surface area contributed by atoms with Crippen LogP contribution in [0.5, 0.6) is 0 Å². The van der Waals surface area contributed by atoms with E-state index in [9.17, 15) is 4.79 Å². The van der Waals surface area contributed by atoms with E-state index in [1.807, 2.05) is 56.3 Å². The number of hydrogen-bond acceptors (Lipinski definition) is 5. The van der Waals surface area contributed by atoms with Crippen molar-refractivity contribution in [2.75, 3.05) is 5.32 Å². The maximum atomic E-state index is 12.3. The number of pyridine rings is 1. The van der Waals surface area contributed by atoms with Crippen LogP contribution in [0, 0.1) is 13.8 Å². The summed E-state index contributed by atoms with van der Waals surface area (Å²) in [6, 6.07) is 15.5. The molecule has 0 radical (unpaired) electrons. The molecule has 134 valence electrons. The number of nitrogens with zero attached hydrogens (tertiary/aromatic N) is 3. The van der Waals surface area contributed by atoms with Crippen LogP contribution in [0.15, 0.2) is 59.1 Å². The Labute approximate surface area is 156 Å². The van der Waals surface area contributed by atoms with Gasteiger partial charge in [-0.3, -0.25) is 9.78 Å². The van der Waals surface area contributed by atoms with Crippen LogP contribution in [-0.4, -0.2) is 21.1 Å². The number of rotatable bonds is 4. The molecule has 1 amide bonds. The second kappa shape index (κ2) is 6.99. The predicted octanol–water partition coefficient (Wildman–Crippen LogP) is 4.08. The molecule has 0 bridgehead atoms. The lowest BCUT2D eigenvalue weighted by atomic mass is 10.1. The molecule has 0 aliphatic rings. The standard InChI is InChI=1S/C21H18N4O2/c1-13-8-14(2)10-17(9-13)23-19(26)12-20-24-25-21(27-20)16-5-6-18-15(11-16)4-3-7-22-18/h3-11H,12H2,1-2H3,(H,23,26). The van der Waals surface area contributed by atoms with Gasteiger partial charge in [0.2, 0.25) is 17.7 Å². The van der Waals surface area contributed by atoms with E-state index in [1.54, 1.807) is 6.20 Å². The number of carbonyl (C=O) groups excluding carboxylic acids is 1. The van der Waals surface area contributed by atoms with Gasteiger partial charge in [0.1, 0.15) is 6.42 Å². The van der Waals surface area contributed by atoms with Gasteiger partial charge in [0.25, 0.3) is 0 Å². The molecule has 4 rings (SSSR count). The van der Waals surface area contributed by atoms with Gasteiger partial charge in [0.15, 0.2) is 0 Å². The Bertz CT molecular complexity index is 1110. The number of benzene rings is 2. The fourth-order valence-electron chi connectivity index (χ4n) is 3.04. The molecule has 0 fully saturated rings. The lowest BCUT2D eigenvalue weighted by Crippen LogP contribution is -2.14. The number of hydrogen-bond donors (Lipinski definition) is 1. The van der Waals surface area contributed by atoms with Crippen molar-refractivity contribution in [2.45, 2.75) is 20.3 Å². The molecule has 0 spiro atoms. The predicted molar refractivity (Wildman–Crippen MR) is 103 cm³/mol. The lowest BCUT2D eigenvalue weighted by molar-refractivity contribution is -0.115. The Balaban J connectivity index is 1.49. The highest BCUT2D eigenvalue weighted by molar-refractivity contribution is 5.92. The van der Waals surface area contributed by atoms with Crippen molar-refractivity contribution < 1.29 is 9.21 Å². The largest absolute Gasteiger partial charge is 0.420 e. The van der Waals surface area contributed by atoms with Crippen molar-refractivity contribution in [1.29, 1.82) is 0 Å². The quantitative estimate of drug-likeness (QED) is 0.594. The van der Waals surface area contributed by atoms with Gasteiger partial charge in [-0.25, -0.2) is 0 Å². The highest BCUT2D eigenvalue weighted by Crippen LogP contribution is 2.22. The summed E-state index contributed by atoms with van der Waals surface area (Å²) < 4.78 is 5.67. The summed E-state index contributed by atoms with van der Waals surface area (Å²) in [5, 5.41) is 11.9. The van der Waals surface area contributed by atoms with Crippen molar-refractivity contribution in [3.63, 3.8) is 0 Å². The minimum atomic E-state index is -0.196. The first-order chi connectivity index (χ1) is 13.1. The van der Waals surface area contributed by atoms with Crippen LogP contribution < -0.4 is 5.32 Å². The van der Waals surface area contributed by atoms with Crippen molar-refractivity contribution in [3.05, 3.63) is 71.7 Å². The van der Waals surface area contributed by atoms with Crippen LogP contribution in [0.1, 0.15) is 17.0 Å². The van der Waals surface area contributed by atoms with Crippen LogP contribution in [0.2, 0.25) is 0 Å². The molecule has 0 aliphatic carbocycles. The molecule has 2 heterocycles. The van der Waals surface area contributed by atoms with E-state index in [4.69, 9.17) is 4.42 Å². The van der Waals surface area contributed by atoms with Crippen molar-refractivity contribution >= 4 is 22.5 Å². The summed E-state index contributed by atoms with van der Waals surface area (Å²) in [6.45, 7) is 3.98. The number of aryl methyl sites for hydroxylation is 2. The van der Waals surface area contributed by atoms with E-state index in [0.717, 1.165) is 33.3 Å². The molecule has 0 saturated carbocycles. The first-order valence-corrected chi connectivity index (χ1v) is 8.62. The average molecular weight is 358 g/mol. The molecule has 27 heavy (non-hydrogen) atoms. The van der Waals surface area contributed by atoms with Gasteiger partial charge in [-0.1, -0.05) is 12.1 Å². The summed E-state index contributed by atoms with van der Waals surface area (Å²) in [5.41, 5.74) is 4.64. The van der Waals surface area contributed by atoms with Crippen LogP contribution in [0.4, 0.5) is 5.69 Å². The van der Waals surface area contributed by atoms with Crippen molar-refractivity contribution in [1.82, 2.24) is 15.2 Å². The first kappa shape index (κ1) is 16.9. The van der Waals surface area contributed by atoms with Gasteiger partial charge in [0, 0.05) is 22.8 Å². The molecular formula is C21H18N4O2. The third kappa shape index (κ3) is 3.84. The monoisotopic (exact) mass is 358 g/mol. The van der Waals surface area contributed by atoms with Crippen LogP contribution >= 0.6 is 0 Å². The third-order valence-electron chi connectivity index (χ3n) is 4.13. The zero-order valence-corrected chi connectivity index (χ0v) is 15.1. The highest BCUT2D eigenvalue weighted by atomic mass is 16.4. The Morgan fingerprint density at radius 2 is 1.85 bits per heavy atom. The fraction of sp³-hybridized carbons (Fsp3) is 0.143. The van der Waals surface area contributed by atoms with E-state index in [0.29, 0.717) is 5.89 Å². The fourth-order valence-corrected chi connectivity index (χ4v) is 3.04. The Hall–Kier alpha value is -3.54. The lowest BCUT2D eigenvalue weighted by Gasteiger charge is -2.06. The van der Waals surface area contributed by atoms with Crippen LogP contribution in [-0.2, 0) is 11.2 Å². The molecule has 6 nitrogen and oxygen atoms in total. The topological polar surface area (TPSA) is 80.9 Å². The summed E-state index contributed by atoms with van der Waals surface area (Å²) in [6.07, 6.45) is 1.77. The van der Waals surface area contributed by atoms with Gasteiger partial charge >= 0.3 is 0 Å². The minimum Gasteiger partial charge on any atom is -0.420 e. The summed E-state index contributed by atoms with van der Waals surface area (Å²) in [7, 11) is 0. The van der Waals surface area contributed by atoms with E-state index in [1.165, 1.54) is 0 Å². The van der Waals surface area contributed by atoms with Gasteiger partial charge in [-0.15, -0.1) is 10.2 Å². The zero-order valence-electron chi connectivity index (χ0n) is 15.1. The Morgan fingerprint density at radius 3 is 2.67 bits per heavy atom. The van der Waals surface area contributed by atoms with Crippen LogP contribution in [0.3, 0.4) is 0 Å². The van der Waals surface area contributed by atoms with Gasteiger partial charge in [-0.05, 0) is 61.4 Å². The highest BCUT2D eigenvalue weighted by Gasteiger charge is 2.13. The Kier molecular flexibility index (Phi) is 4.38. The third-order valence-corrected chi connectivity index (χ3v) is 4.13. The molecule has 0 atom stereocenters. The number of amides is 1. The molecular weight excluding hydrogens is 340 g/mol. The molecule has 0 aliphatic heterocycles. The normalized spacial score (nSPS) is 10.9. The molecule has 2 aromatic carbocycles. The molecule has 6 heteroatoms. The van der Waals surface area contributed by atoms with Crippen molar-refractivity contribution in [3.8, 4) is 11.5 Å². The van der Waals surface area contributed by atoms with E-state index < -0.39 is 0 Å². The second-order valence-electron chi connectivity index (χ2n) is 6.51. The number of anilines is 1. The van der Waals surface area contributed by atoms with Gasteiger partial charge < -0.3 is 9.73 Å². The average Bonchev–Trinajstić information content (AvgIpc) is 3.08. The molecule has 0 unspecified atom stereocenters. The maximum absolute atomic E-state index is 12.3. The summed E-state index contributed by atoms with van der Waals surface area (Å²) in [5.74, 6) is 0.464. The number of fused-ring (bicyclic) bond motifs is 1. The molecule has 0 saturated heterocycles. The maximum Gasteiger partial charge on any atom is 0.247 e.